The lowest BCUT2D eigenvalue weighted by Crippen LogP contribution is -2.56. The maximum atomic E-state index is 12.7. The summed E-state index contributed by atoms with van der Waals surface area (Å²) in [5, 5.41) is 3.72. The SMILES string of the molecule is C=CCN1CCCC12CCCN(C(=O)c1cnoc1C)C2. The second-order valence-electron chi connectivity index (χ2n) is 6.19. The third-order valence-corrected chi connectivity index (χ3v) is 4.91. The van der Waals surface area contributed by atoms with E-state index in [0.717, 1.165) is 32.6 Å². The number of carbonyl (C=O) groups excluding carboxylic acids is 1. The molecular weight excluding hydrogens is 266 g/mol. The molecule has 3 heterocycles. The van der Waals surface area contributed by atoms with E-state index in [1.54, 1.807) is 6.92 Å². The van der Waals surface area contributed by atoms with Crippen LogP contribution in [0.15, 0.2) is 23.4 Å². The van der Waals surface area contributed by atoms with Crippen LogP contribution < -0.4 is 0 Å². The highest BCUT2D eigenvalue weighted by Crippen LogP contribution is 2.37. The van der Waals surface area contributed by atoms with Crippen LogP contribution in [0.3, 0.4) is 0 Å². The first-order valence-corrected chi connectivity index (χ1v) is 7.73. The Morgan fingerprint density at radius 2 is 2.24 bits per heavy atom. The molecule has 0 N–H and O–H groups in total. The van der Waals surface area contributed by atoms with Crippen LogP contribution in [-0.4, -0.2) is 52.6 Å². The molecule has 2 aliphatic heterocycles. The summed E-state index contributed by atoms with van der Waals surface area (Å²) in [6.45, 7) is 9.32. The molecule has 2 saturated heterocycles. The first kappa shape index (κ1) is 14.3. The van der Waals surface area contributed by atoms with Gasteiger partial charge in [-0.1, -0.05) is 11.2 Å². The van der Waals surface area contributed by atoms with Crippen molar-refractivity contribution in [3.63, 3.8) is 0 Å². The molecule has 5 nitrogen and oxygen atoms in total. The topological polar surface area (TPSA) is 49.6 Å². The molecule has 2 fully saturated rings. The summed E-state index contributed by atoms with van der Waals surface area (Å²) in [7, 11) is 0. The lowest BCUT2D eigenvalue weighted by molar-refractivity contribution is 0.0365. The number of carbonyl (C=O) groups is 1. The van der Waals surface area contributed by atoms with Crippen molar-refractivity contribution >= 4 is 5.91 Å². The second kappa shape index (κ2) is 5.64. The summed E-state index contributed by atoms with van der Waals surface area (Å²) in [6, 6.07) is 0. The van der Waals surface area contributed by atoms with Crippen molar-refractivity contribution in [3.8, 4) is 0 Å². The molecule has 3 rings (SSSR count). The van der Waals surface area contributed by atoms with Crippen LogP contribution in [-0.2, 0) is 0 Å². The van der Waals surface area contributed by atoms with Gasteiger partial charge in [-0.2, -0.15) is 0 Å². The Bertz CT molecular complexity index is 539. The minimum atomic E-state index is 0.0540. The third-order valence-electron chi connectivity index (χ3n) is 4.91. The Morgan fingerprint density at radius 1 is 1.48 bits per heavy atom. The number of rotatable bonds is 3. The molecule has 0 radical (unpaired) electrons. The Hall–Kier alpha value is -1.62. The smallest absolute Gasteiger partial charge is 0.259 e. The fourth-order valence-electron chi connectivity index (χ4n) is 3.86. The number of hydrogen-bond acceptors (Lipinski definition) is 4. The van der Waals surface area contributed by atoms with Gasteiger partial charge in [-0.15, -0.1) is 6.58 Å². The average molecular weight is 289 g/mol. The first-order valence-electron chi connectivity index (χ1n) is 7.73. The molecule has 2 aliphatic rings. The van der Waals surface area contributed by atoms with Crippen molar-refractivity contribution in [2.75, 3.05) is 26.2 Å². The van der Waals surface area contributed by atoms with Gasteiger partial charge in [0.05, 0.1) is 6.20 Å². The monoisotopic (exact) mass is 289 g/mol. The highest BCUT2D eigenvalue weighted by molar-refractivity contribution is 5.94. The van der Waals surface area contributed by atoms with E-state index in [9.17, 15) is 4.79 Å². The van der Waals surface area contributed by atoms with Crippen molar-refractivity contribution < 1.29 is 9.32 Å². The summed E-state index contributed by atoms with van der Waals surface area (Å²) in [6.07, 6.45) is 8.12. The van der Waals surface area contributed by atoms with E-state index in [1.807, 2.05) is 11.0 Å². The predicted molar refractivity (Wildman–Crippen MR) is 80.1 cm³/mol. The highest BCUT2D eigenvalue weighted by atomic mass is 16.5. The normalized spacial score (nSPS) is 26.4. The molecule has 1 spiro atoms. The molecule has 21 heavy (non-hydrogen) atoms. The van der Waals surface area contributed by atoms with Crippen LogP contribution in [0.25, 0.3) is 0 Å². The maximum absolute atomic E-state index is 12.7. The van der Waals surface area contributed by atoms with Crippen LogP contribution >= 0.6 is 0 Å². The zero-order valence-corrected chi connectivity index (χ0v) is 12.7. The molecule has 1 aromatic heterocycles. The summed E-state index contributed by atoms with van der Waals surface area (Å²) in [5.74, 6) is 0.660. The minimum absolute atomic E-state index is 0.0540. The number of nitrogens with zero attached hydrogens (tertiary/aromatic N) is 3. The first-order chi connectivity index (χ1) is 10.2. The Kier molecular flexibility index (Phi) is 3.85. The van der Waals surface area contributed by atoms with Gasteiger partial charge in [0.15, 0.2) is 0 Å². The van der Waals surface area contributed by atoms with Gasteiger partial charge < -0.3 is 9.42 Å². The van der Waals surface area contributed by atoms with E-state index in [1.165, 1.54) is 25.5 Å². The molecule has 1 aromatic rings. The quantitative estimate of drug-likeness (QED) is 0.801. The lowest BCUT2D eigenvalue weighted by atomic mass is 9.86. The molecule has 1 unspecified atom stereocenters. The van der Waals surface area contributed by atoms with Crippen LogP contribution in [0.5, 0.6) is 0 Å². The Balaban J connectivity index is 1.78. The van der Waals surface area contributed by atoms with E-state index in [4.69, 9.17) is 4.52 Å². The van der Waals surface area contributed by atoms with Gasteiger partial charge in [-0.3, -0.25) is 9.69 Å². The fraction of sp³-hybridized carbons (Fsp3) is 0.625. The van der Waals surface area contributed by atoms with Crippen LogP contribution in [0.4, 0.5) is 0 Å². The van der Waals surface area contributed by atoms with Crippen molar-refractivity contribution in [3.05, 3.63) is 30.2 Å². The minimum Gasteiger partial charge on any atom is -0.361 e. The number of piperidine rings is 1. The largest absolute Gasteiger partial charge is 0.361 e. The molecule has 5 heteroatoms. The van der Waals surface area contributed by atoms with E-state index >= 15 is 0 Å². The molecule has 0 saturated carbocycles. The Morgan fingerprint density at radius 3 is 2.90 bits per heavy atom. The fourth-order valence-corrected chi connectivity index (χ4v) is 3.86. The van der Waals surface area contributed by atoms with Crippen molar-refractivity contribution in [2.24, 2.45) is 0 Å². The van der Waals surface area contributed by atoms with Gasteiger partial charge in [0, 0.05) is 25.2 Å². The number of likely N-dealkylation sites (tertiary alicyclic amines) is 2. The highest BCUT2D eigenvalue weighted by Gasteiger charge is 2.44. The molecule has 114 valence electrons. The van der Waals surface area contributed by atoms with Gasteiger partial charge in [-0.05, 0) is 39.2 Å². The van der Waals surface area contributed by atoms with Gasteiger partial charge in [0.1, 0.15) is 11.3 Å². The standard InChI is InChI=1S/C16H23N3O2/c1-3-8-19-10-5-7-16(19)6-4-9-18(12-16)15(20)14-11-17-21-13(14)2/h3,11H,1,4-10,12H2,2H3. The molecule has 1 amide bonds. The van der Waals surface area contributed by atoms with Gasteiger partial charge >= 0.3 is 0 Å². The third kappa shape index (κ3) is 2.50. The summed E-state index contributed by atoms with van der Waals surface area (Å²) < 4.78 is 5.03. The number of aromatic nitrogens is 1. The number of aryl methyl sites for hydroxylation is 1. The molecule has 0 aliphatic carbocycles. The molecular formula is C16H23N3O2. The van der Waals surface area contributed by atoms with E-state index in [-0.39, 0.29) is 11.4 Å². The van der Waals surface area contributed by atoms with Crippen molar-refractivity contribution in [1.29, 1.82) is 0 Å². The zero-order valence-electron chi connectivity index (χ0n) is 12.7. The van der Waals surface area contributed by atoms with Crippen LogP contribution in [0, 0.1) is 6.92 Å². The number of amides is 1. The van der Waals surface area contributed by atoms with E-state index in [0.29, 0.717) is 11.3 Å². The summed E-state index contributed by atoms with van der Waals surface area (Å²) in [4.78, 5) is 17.2. The average Bonchev–Trinajstić information content (AvgIpc) is 3.06. The predicted octanol–water partition coefficient (Wildman–Crippen LogP) is 2.24. The van der Waals surface area contributed by atoms with Gasteiger partial charge in [0.25, 0.3) is 5.91 Å². The summed E-state index contributed by atoms with van der Waals surface area (Å²) >= 11 is 0. The second-order valence-corrected chi connectivity index (χ2v) is 6.19. The van der Waals surface area contributed by atoms with Crippen molar-refractivity contribution in [2.45, 2.75) is 38.1 Å². The van der Waals surface area contributed by atoms with Crippen LogP contribution in [0.2, 0.25) is 0 Å². The Labute approximate surface area is 125 Å². The molecule has 0 bridgehead atoms. The maximum Gasteiger partial charge on any atom is 0.259 e. The molecule has 1 atom stereocenters. The van der Waals surface area contributed by atoms with E-state index < -0.39 is 0 Å². The lowest BCUT2D eigenvalue weighted by Gasteiger charge is -2.45. The van der Waals surface area contributed by atoms with Gasteiger partial charge in [-0.25, -0.2) is 0 Å². The number of hydrogen-bond donors (Lipinski definition) is 0. The summed E-state index contributed by atoms with van der Waals surface area (Å²) in [5.41, 5.74) is 0.744. The van der Waals surface area contributed by atoms with Crippen LogP contribution in [0.1, 0.15) is 41.8 Å². The zero-order chi connectivity index (χ0) is 14.9. The van der Waals surface area contributed by atoms with E-state index in [2.05, 4.69) is 16.6 Å². The van der Waals surface area contributed by atoms with Crippen molar-refractivity contribution in [1.82, 2.24) is 15.0 Å². The van der Waals surface area contributed by atoms with Gasteiger partial charge in [0.2, 0.25) is 0 Å². The molecule has 0 aromatic carbocycles.